The van der Waals surface area contributed by atoms with Crippen molar-refractivity contribution in [2.45, 2.75) is 22.3 Å². The zero-order chi connectivity index (χ0) is 14.9. The number of rotatable bonds is 3. The van der Waals surface area contributed by atoms with Crippen LogP contribution >= 0.6 is 23.1 Å². The Bertz CT molecular complexity index is 655. The maximum absolute atomic E-state index is 12.6. The second-order valence-electron chi connectivity index (χ2n) is 3.79. The van der Waals surface area contributed by atoms with Crippen molar-refractivity contribution in [3.63, 3.8) is 0 Å². The van der Waals surface area contributed by atoms with Gasteiger partial charge in [0.15, 0.2) is 4.34 Å². The highest BCUT2D eigenvalue weighted by Gasteiger charge is 2.33. The first kappa shape index (κ1) is 14.8. The molecular formula is C11H7F3N2O2S2. The fourth-order valence-corrected chi connectivity index (χ4v) is 3.27. The molecule has 0 aliphatic carbocycles. The van der Waals surface area contributed by atoms with Gasteiger partial charge in [-0.15, -0.1) is 11.3 Å². The van der Waals surface area contributed by atoms with E-state index in [1.165, 1.54) is 11.3 Å². The lowest BCUT2D eigenvalue weighted by Gasteiger charge is -2.07. The summed E-state index contributed by atoms with van der Waals surface area (Å²) in [5, 5.41) is 12.7. The minimum Gasteiger partial charge on any atom is -0.258 e. The van der Waals surface area contributed by atoms with Gasteiger partial charge in [0.25, 0.3) is 5.69 Å². The molecular weight excluding hydrogens is 313 g/mol. The van der Waals surface area contributed by atoms with Gasteiger partial charge in [0, 0.05) is 17.1 Å². The second kappa shape index (κ2) is 5.41. The summed E-state index contributed by atoms with van der Waals surface area (Å²) in [6, 6.07) is 2.47. The molecule has 0 bridgehead atoms. The molecule has 1 aromatic carbocycles. The van der Waals surface area contributed by atoms with Crippen LogP contribution in [0.15, 0.2) is 32.8 Å². The van der Waals surface area contributed by atoms with Crippen LogP contribution in [-0.4, -0.2) is 9.91 Å². The van der Waals surface area contributed by atoms with Gasteiger partial charge < -0.3 is 0 Å². The topological polar surface area (TPSA) is 56.0 Å². The van der Waals surface area contributed by atoms with Crippen LogP contribution in [0.3, 0.4) is 0 Å². The highest BCUT2D eigenvalue weighted by Crippen LogP contribution is 2.39. The number of hydrogen-bond donors (Lipinski definition) is 0. The largest absolute Gasteiger partial charge is 0.416 e. The Morgan fingerprint density at radius 2 is 2.10 bits per heavy atom. The molecule has 2 aromatic rings. The Morgan fingerprint density at radius 1 is 1.40 bits per heavy atom. The lowest BCUT2D eigenvalue weighted by Crippen LogP contribution is -2.05. The van der Waals surface area contributed by atoms with Crippen molar-refractivity contribution in [2.75, 3.05) is 0 Å². The number of alkyl halides is 3. The number of nitro benzene ring substituents is 1. The van der Waals surface area contributed by atoms with Gasteiger partial charge in [-0.05, 0) is 19.1 Å². The summed E-state index contributed by atoms with van der Waals surface area (Å²) in [4.78, 5) is 14.3. The SMILES string of the molecule is Cc1csc(Sc2ccc(C(F)(F)F)cc2[N+](=O)[O-])n1. The zero-order valence-electron chi connectivity index (χ0n) is 9.97. The number of thiazole rings is 1. The van der Waals surface area contributed by atoms with E-state index in [4.69, 9.17) is 0 Å². The van der Waals surface area contributed by atoms with Crippen LogP contribution < -0.4 is 0 Å². The van der Waals surface area contributed by atoms with Gasteiger partial charge in [0.05, 0.1) is 15.4 Å². The molecule has 2 rings (SSSR count). The van der Waals surface area contributed by atoms with Crippen molar-refractivity contribution < 1.29 is 18.1 Å². The van der Waals surface area contributed by atoms with Crippen LogP contribution in [0.5, 0.6) is 0 Å². The molecule has 0 atom stereocenters. The molecule has 0 aliphatic rings. The molecule has 0 fully saturated rings. The van der Waals surface area contributed by atoms with Crippen molar-refractivity contribution in [3.8, 4) is 0 Å². The molecule has 0 N–H and O–H groups in total. The third-order valence-corrected chi connectivity index (χ3v) is 4.40. The summed E-state index contributed by atoms with van der Waals surface area (Å²) in [5.41, 5.74) is -0.853. The normalized spacial score (nSPS) is 11.6. The number of halogens is 3. The Kier molecular flexibility index (Phi) is 4.00. The van der Waals surface area contributed by atoms with Gasteiger partial charge in [-0.3, -0.25) is 10.1 Å². The standard InChI is InChI=1S/C11H7F3N2O2S2/c1-6-5-19-10(15-6)20-9-3-2-7(11(12,13)14)4-8(9)16(17)18/h2-5H,1H3. The smallest absolute Gasteiger partial charge is 0.258 e. The van der Waals surface area contributed by atoms with Crippen molar-refractivity contribution in [1.82, 2.24) is 4.98 Å². The van der Waals surface area contributed by atoms with Gasteiger partial charge >= 0.3 is 6.18 Å². The third-order valence-electron chi connectivity index (χ3n) is 2.28. The van der Waals surface area contributed by atoms with Crippen LogP contribution in [0.1, 0.15) is 11.3 Å². The molecule has 20 heavy (non-hydrogen) atoms. The Hall–Kier alpha value is -1.61. The van der Waals surface area contributed by atoms with Crippen LogP contribution in [0.25, 0.3) is 0 Å². The van der Waals surface area contributed by atoms with Gasteiger partial charge in [-0.1, -0.05) is 11.8 Å². The van der Waals surface area contributed by atoms with Crippen molar-refractivity contribution in [3.05, 3.63) is 45.0 Å². The molecule has 0 saturated heterocycles. The fourth-order valence-electron chi connectivity index (χ4n) is 1.40. The summed E-state index contributed by atoms with van der Waals surface area (Å²) in [6.07, 6.45) is -4.61. The van der Waals surface area contributed by atoms with E-state index in [1.807, 2.05) is 0 Å². The summed E-state index contributed by atoms with van der Waals surface area (Å²) in [5.74, 6) is 0. The van der Waals surface area contributed by atoms with Crippen molar-refractivity contribution in [2.24, 2.45) is 0 Å². The maximum Gasteiger partial charge on any atom is 0.416 e. The molecule has 9 heteroatoms. The maximum atomic E-state index is 12.6. The lowest BCUT2D eigenvalue weighted by atomic mass is 10.2. The molecule has 1 heterocycles. The van der Waals surface area contributed by atoms with Gasteiger partial charge in [0.2, 0.25) is 0 Å². The quantitative estimate of drug-likeness (QED) is 0.616. The van der Waals surface area contributed by atoms with Gasteiger partial charge in [0.1, 0.15) is 0 Å². The molecule has 0 saturated carbocycles. The summed E-state index contributed by atoms with van der Waals surface area (Å²) in [6.45, 7) is 1.77. The molecule has 0 radical (unpaired) electrons. The number of nitro groups is 1. The van der Waals surface area contributed by atoms with E-state index in [2.05, 4.69) is 4.98 Å². The number of benzene rings is 1. The third kappa shape index (κ3) is 3.28. The highest BCUT2D eigenvalue weighted by atomic mass is 32.2. The van der Waals surface area contributed by atoms with E-state index in [9.17, 15) is 23.3 Å². The molecule has 106 valence electrons. The molecule has 0 aliphatic heterocycles. The Balaban J connectivity index is 2.40. The minimum absolute atomic E-state index is 0.136. The van der Waals surface area contributed by atoms with Gasteiger partial charge in [-0.2, -0.15) is 13.2 Å². The summed E-state index contributed by atoms with van der Waals surface area (Å²) < 4.78 is 38.2. The fraction of sp³-hybridized carbons (Fsp3) is 0.182. The first-order chi connectivity index (χ1) is 9.27. The van der Waals surface area contributed by atoms with E-state index in [-0.39, 0.29) is 4.90 Å². The van der Waals surface area contributed by atoms with E-state index >= 15 is 0 Å². The van der Waals surface area contributed by atoms with E-state index in [0.29, 0.717) is 10.4 Å². The van der Waals surface area contributed by atoms with E-state index in [1.54, 1.807) is 12.3 Å². The Labute approximate surface area is 119 Å². The van der Waals surface area contributed by atoms with Gasteiger partial charge in [-0.25, -0.2) is 4.98 Å². The second-order valence-corrected chi connectivity index (χ2v) is 5.94. The van der Waals surface area contributed by atoms with Crippen molar-refractivity contribution in [1.29, 1.82) is 0 Å². The minimum atomic E-state index is -4.61. The highest BCUT2D eigenvalue weighted by molar-refractivity contribution is 8.01. The first-order valence-electron chi connectivity index (χ1n) is 5.23. The summed E-state index contributed by atoms with van der Waals surface area (Å²) >= 11 is 2.26. The average Bonchev–Trinajstić information content (AvgIpc) is 2.73. The number of aryl methyl sites for hydroxylation is 1. The predicted molar refractivity (Wildman–Crippen MR) is 69.1 cm³/mol. The number of hydrogen-bond acceptors (Lipinski definition) is 5. The summed E-state index contributed by atoms with van der Waals surface area (Å²) in [7, 11) is 0. The molecule has 0 unspecified atom stereocenters. The zero-order valence-corrected chi connectivity index (χ0v) is 11.6. The lowest BCUT2D eigenvalue weighted by molar-refractivity contribution is -0.388. The predicted octanol–water partition coefficient (Wildman–Crippen LogP) is 4.53. The molecule has 0 amide bonds. The van der Waals surface area contributed by atoms with E-state index in [0.717, 1.165) is 29.6 Å². The van der Waals surface area contributed by atoms with Crippen LogP contribution in [-0.2, 0) is 6.18 Å². The van der Waals surface area contributed by atoms with Crippen LogP contribution in [0.4, 0.5) is 18.9 Å². The van der Waals surface area contributed by atoms with Crippen LogP contribution in [0, 0.1) is 17.0 Å². The first-order valence-corrected chi connectivity index (χ1v) is 6.92. The monoisotopic (exact) mass is 320 g/mol. The molecule has 0 spiro atoms. The Morgan fingerprint density at radius 3 is 2.60 bits per heavy atom. The average molecular weight is 320 g/mol. The molecule has 4 nitrogen and oxygen atoms in total. The van der Waals surface area contributed by atoms with Crippen molar-refractivity contribution >= 4 is 28.8 Å². The molecule has 1 aromatic heterocycles. The van der Waals surface area contributed by atoms with Crippen LogP contribution in [0.2, 0.25) is 0 Å². The number of nitrogens with zero attached hydrogens (tertiary/aromatic N) is 2. The van der Waals surface area contributed by atoms with E-state index < -0.39 is 22.4 Å². The number of aromatic nitrogens is 1.